The summed E-state index contributed by atoms with van der Waals surface area (Å²) in [4.78, 5) is 12.1. The lowest BCUT2D eigenvalue weighted by molar-refractivity contribution is 0.0697. The van der Waals surface area contributed by atoms with Gasteiger partial charge in [-0.25, -0.2) is 4.79 Å². The molecule has 0 aliphatic carbocycles. The third kappa shape index (κ3) is 3.01. The van der Waals surface area contributed by atoms with E-state index in [1.165, 1.54) is 10.9 Å². The van der Waals surface area contributed by atoms with E-state index in [0.29, 0.717) is 12.4 Å². The number of nitrogen functional groups attached to an aromatic ring is 1. The molecule has 0 aliphatic rings. The predicted octanol–water partition coefficient (Wildman–Crippen LogP) is 2.65. The Bertz CT molecular complexity index is 537. The van der Waals surface area contributed by atoms with Crippen LogP contribution in [0.2, 0.25) is 0 Å². The Hall–Kier alpha value is -2.01. The van der Waals surface area contributed by atoms with Gasteiger partial charge < -0.3 is 15.6 Å². The van der Waals surface area contributed by atoms with Crippen LogP contribution in [-0.4, -0.2) is 17.7 Å². The molecule has 3 N–H and O–H groups in total. The Morgan fingerprint density at radius 2 is 2.22 bits per heavy atom. The highest BCUT2D eigenvalue weighted by Gasteiger charge is 2.09. The van der Waals surface area contributed by atoms with E-state index in [4.69, 9.17) is 15.6 Å². The molecule has 0 saturated carbocycles. The molecular formula is C13H13NO3S. The first-order valence-corrected chi connectivity index (χ1v) is 6.33. The molecule has 4 nitrogen and oxygen atoms in total. The number of aromatic carboxylic acids is 1. The second-order valence-corrected chi connectivity index (χ2v) is 4.76. The van der Waals surface area contributed by atoms with Crippen LogP contribution in [0.4, 0.5) is 5.69 Å². The maximum atomic E-state index is 10.9. The fourth-order valence-electron chi connectivity index (χ4n) is 1.53. The molecule has 94 valence electrons. The zero-order valence-corrected chi connectivity index (χ0v) is 10.4. The smallest absolute Gasteiger partial charge is 0.337 e. The largest absolute Gasteiger partial charge is 0.493 e. The average Bonchev–Trinajstić information content (AvgIpc) is 2.84. The molecule has 0 spiro atoms. The van der Waals surface area contributed by atoms with E-state index >= 15 is 0 Å². The number of carboxylic acids is 1. The first-order chi connectivity index (χ1) is 8.66. The van der Waals surface area contributed by atoms with Gasteiger partial charge >= 0.3 is 5.97 Å². The maximum Gasteiger partial charge on any atom is 0.337 e. The van der Waals surface area contributed by atoms with E-state index in [-0.39, 0.29) is 11.3 Å². The number of hydrogen-bond donors (Lipinski definition) is 2. The number of carboxylic acid groups (broad SMARTS) is 1. The fourth-order valence-corrected chi connectivity index (χ4v) is 2.22. The third-order valence-corrected chi connectivity index (χ3v) is 3.39. The van der Waals surface area contributed by atoms with E-state index < -0.39 is 5.97 Å². The summed E-state index contributed by atoms with van der Waals surface area (Å²) in [5, 5.41) is 10.9. The molecule has 0 amide bonds. The summed E-state index contributed by atoms with van der Waals surface area (Å²) in [6.45, 7) is 0.517. The van der Waals surface area contributed by atoms with Gasteiger partial charge in [0, 0.05) is 17.0 Å². The third-order valence-electron chi connectivity index (χ3n) is 2.45. The van der Waals surface area contributed by atoms with Crippen molar-refractivity contribution in [2.24, 2.45) is 0 Å². The molecule has 1 aromatic heterocycles. The van der Waals surface area contributed by atoms with Crippen LogP contribution in [-0.2, 0) is 6.42 Å². The Kier molecular flexibility index (Phi) is 3.84. The highest BCUT2D eigenvalue weighted by atomic mass is 32.1. The number of anilines is 1. The molecule has 0 unspecified atom stereocenters. The Morgan fingerprint density at radius 1 is 1.39 bits per heavy atom. The number of nitrogens with two attached hydrogens (primary N) is 1. The number of ether oxygens (including phenoxy) is 1. The van der Waals surface area contributed by atoms with Crippen molar-refractivity contribution in [2.75, 3.05) is 12.3 Å². The van der Waals surface area contributed by atoms with Crippen LogP contribution in [0, 0.1) is 0 Å². The van der Waals surface area contributed by atoms with Gasteiger partial charge in [0.25, 0.3) is 0 Å². The molecule has 0 atom stereocenters. The van der Waals surface area contributed by atoms with Crippen molar-refractivity contribution < 1.29 is 14.6 Å². The van der Waals surface area contributed by atoms with Crippen LogP contribution >= 0.6 is 11.3 Å². The number of carbonyl (C=O) groups is 1. The summed E-state index contributed by atoms with van der Waals surface area (Å²) in [5.41, 5.74) is 5.88. The lowest BCUT2D eigenvalue weighted by Gasteiger charge is -2.07. The first-order valence-electron chi connectivity index (χ1n) is 5.45. The lowest BCUT2D eigenvalue weighted by Crippen LogP contribution is -2.05. The number of rotatable bonds is 5. The second kappa shape index (κ2) is 5.55. The van der Waals surface area contributed by atoms with Crippen molar-refractivity contribution in [2.45, 2.75) is 6.42 Å². The van der Waals surface area contributed by atoms with E-state index in [9.17, 15) is 4.79 Å². The standard InChI is InChI=1S/C13H13NO3S/c14-12-4-3-9(8-11(12)13(15)16)17-6-5-10-2-1-7-18-10/h1-4,7-8H,5-6,14H2,(H,15,16). The first kappa shape index (κ1) is 12.4. The number of thiophene rings is 1. The van der Waals surface area contributed by atoms with Gasteiger partial charge in [-0.3, -0.25) is 0 Å². The topological polar surface area (TPSA) is 72.5 Å². The van der Waals surface area contributed by atoms with Gasteiger partial charge in [-0.2, -0.15) is 0 Å². The lowest BCUT2D eigenvalue weighted by atomic mass is 10.2. The summed E-state index contributed by atoms with van der Waals surface area (Å²) in [7, 11) is 0. The molecule has 2 aromatic rings. The quantitative estimate of drug-likeness (QED) is 0.813. The van der Waals surface area contributed by atoms with Crippen LogP contribution in [0.5, 0.6) is 5.75 Å². The summed E-state index contributed by atoms with van der Waals surface area (Å²) in [6, 6.07) is 8.71. The minimum Gasteiger partial charge on any atom is -0.493 e. The van der Waals surface area contributed by atoms with Crippen LogP contribution in [0.15, 0.2) is 35.7 Å². The summed E-state index contributed by atoms with van der Waals surface area (Å²) >= 11 is 1.67. The van der Waals surface area contributed by atoms with E-state index in [2.05, 4.69) is 0 Å². The van der Waals surface area contributed by atoms with Gasteiger partial charge in [-0.05, 0) is 29.6 Å². The molecule has 1 aromatic carbocycles. The fraction of sp³-hybridized carbons (Fsp3) is 0.154. The predicted molar refractivity (Wildman–Crippen MR) is 71.3 cm³/mol. The van der Waals surface area contributed by atoms with Crippen LogP contribution in [0.3, 0.4) is 0 Å². The van der Waals surface area contributed by atoms with Crippen molar-refractivity contribution in [3.8, 4) is 5.75 Å². The van der Waals surface area contributed by atoms with Crippen molar-refractivity contribution >= 4 is 23.0 Å². The normalized spacial score (nSPS) is 10.2. The molecule has 1 heterocycles. The minimum atomic E-state index is -1.05. The Balaban J connectivity index is 1.97. The maximum absolute atomic E-state index is 10.9. The molecular weight excluding hydrogens is 250 g/mol. The number of benzene rings is 1. The molecule has 0 bridgehead atoms. The summed E-state index contributed by atoms with van der Waals surface area (Å²) in [6.07, 6.45) is 0.810. The van der Waals surface area contributed by atoms with Crippen molar-refractivity contribution in [3.63, 3.8) is 0 Å². The second-order valence-electron chi connectivity index (χ2n) is 3.73. The van der Waals surface area contributed by atoms with Gasteiger partial charge in [0.05, 0.1) is 12.2 Å². The molecule has 0 aliphatic heterocycles. The highest BCUT2D eigenvalue weighted by molar-refractivity contribution is 7.09. The van der Waals surface area contributed by atoms with Gasteiger partial charge in [0.2, 0.25) is 0 Å². The molecule has 0 fully saturated rings. The van der Waals surface area contributed by atoms with Gasteiger partial charge in [-0.15, -0.1) is 11.3 Å². The van der Waals surface area contributed by atoms with Crippen molar-refractivity contribution in [1.29, 1.82) is 0 Å². The van der Waals surface area contributed by atoms with E-state index in [1.807, 2.05) is 17.5 Å². The number of hydrogen-bond acceptors (Lipinski definition) is 4. The Morgan fingerprint density at radius 3 is 2.89 bits per heavy atom. The zero-order valence-electron chi connectivity index (χ0n) is 9.63. The SMILES string of the molecule is Nc1ccc(OCCc2cccs2)cc1C(=O)O. The molecule has 5 heteroatoms. The van der Waals surface area contributed by atoms with Gasteiger partial charge in [0.15, 0.2) is 0 Å². The van der Waals surface area contributed by atoms with Crippen LogP contribution in [0.25, 0.3) is 0 Å². The summed E-state index contributed by atoms with van der Waals surface area (Å²) < 4.78 is 5.51. The molecule has 0 radical (unpaired) electrons. The molecule has 2 rings (SSSR count). The van der Waals surface area contributed by atoms with E-state index in [1.54, 1.807) is 23.5 Å². The highest BCUT2D eigenvalue weighted by Crippen LogP contribution is 2.20. The van der Waals surface area contributed by atoms with Crippen molar-refractivity contribution in [1.82, 2.24) is 0 Å². The minimum absolute atomic E-state index is 0.0728. The van der Waals surface area contributed by atoms with Crippen LogP contribution in [0.1, 0.15) is 15.2 Å². The van der Waals surface area contributed by atoms with E-state index in [0.717, 1.165) is 6.42 Å². The van der Waals surface area contributed by atoms with Gasteiger partial charge in [0.1, 0.15) is 5.75 Å². The molecule has 18 heavy (non-hydrogen) atoms. The monoisotopic (exact) mass is 263 g/mol. The van der Waals surface area contributed by atoms with Crippen molar-refractivity contribution in [3.05, 3.63) is 46.2 Å². The van der Waals surface area contributed by atoms with Gasteiger partial charge in [-0.1, -0.05) is 6.07 Å². The average molecular weight is 263 g/mol. The summed E-state index contributed by atoms with van der Waals surface area (Å²) in [5.74, 6) is -0.519. The Labute approximate surface area is 109 Å². The van der Waals surface area contributed by atoms with Crippen LogP contribution < -0.4 is 10.5 Å². The zero-order chi connectivity index (χ0) is 13.0. The molecule has 0 saturated heterocycles.